The summed E-state index contributed by atoms with van der Waals surface area (Å²) in [6, 6.07) is 0.281. The molecule has 2 rings (SSSR count). The predicted molar refractivity (Wildman–Crippen MR) is 70.0 cm³/mol. The summed E-state index contributed by atoms with van der Waals surface area (Å²) in [5, 5.41) is 3.14. The van der Waals surface area contributed by atoms with Crippen molar-refractivity contribution in [1.82, 2.24) is 10.2 Å². The Morgan fingerprint density at radius 2 is 1.83 bits per heavy atom. The maximum Gasteiger partial charge on any atom is 0.223 e. The van der Waals surface area contributed by atoms with Crippen molar-refractivity contribution >= 4 is 11.8 Å². The van der Waals surface area contributed by atoms with Crippen LogP contribution in [0, 0.1) is 5.92 Å². The molecule has 0 bridgehead atoms. The number of piperidine rings is 1. The second kappa shape index (κ2) is 6.21. The summed E-state index contributed by atoms with van der Waals surface area (Å²) < 4.78 is 0. The number of carbonyl (C=O) groups excluding carboxylic acids is 2. The number of nitrogens with one attached hydrogen (secondary N) is 1. The Morgan fingerprint density at radius 1 is 1.17 bits per heavy atom. The molecule has 0 aromatic rings. The molecule has 1 saturated heterocycles. The third kappa shape index (κ3) is 3.24. The number of hydrogen-bond acceptors (Lipinski definition) is 2. The van der Waals surface area contributed by atoms with Gasteiger partial charge < -0.3 is 10.2 Å². The topological polar surface area (TPSA) is 49.4 Å². The molecule has 0 aromatic carbocycles. The van der Waals surface area contributed by atoms with Crippen molar-refractivity contribution in [3.05, 3.63) is 0 Å². The zero-order valence-corrected chi connectivity index (χ0v) is 11.3. The highest BCUT2D eigenvalue weighted by atomic mass is 16.2. The normalized spacial score (nSPS) is 21.5. The molecule has 2 amide bonds. The first kappa shape index (κ1) is 13.4. The lowest BCUT2D eigenvalue weighted by Crippen LogP contribution is -2.48. The number of amides is 2. The molecule has 4 nitrogen and oxygen atoms in total. The highest BCUT2D eigenvalue weighted by Gasteiger charge is 2.28. The van der Waals surface area contributed by atoms with Crippen LogP contribution in [0.1, 0.15) is 51.9 Å². The van der Waals surface area contributed by atoms with Crippen molar-refractivity contribution < 1.29 is 9.59 Å². The van der Waals surface area contributed by atoms with Crippen LogP contribution < -0.4 is 5.32 Å². The average molecular weight is 252 g/mol. The Kier molecular flexibility index (Phi) is 4.61. The highest BCUT2D eigenvalue weighted by molar-refractivity contribution is 5.79. The van der Waals surface area contributed by atoms with Gasteiger partial charge in [0.1, 0.15) is 0 Å². The van der Waals surface area contributed by atoms with E-state index in [4.69, 9.17) is 0 Å². The van der Waals surface area contributed by atoms with Gasteiger partial charge in [0.2, 0.25) is 11.8 Å². The fourth-order valence-corrected chi connectivity index (χ4v) is 2.63. The summed E-state index contributed by atoms with van der Waals surface area (Å²) in [6.07, 6.45) is 6.69. The summed E-state index contributed by atoms with van der Waals surface area (Å²) in [4.78, 5) is 25.5. The lowest BCUT2D eigenvalue weighted by Gasteiger charge is -2.34. The maximum absolute atomic E-state index is 11.8. The molecule has 1 heterocycles. The SMILES string of the molecule is CCCC(=O)N1CCC(NC(=O)C2CCC2)CC1. The van der Waals surface area contributed by atoms with Crippen LogP contribution in [0.3, 0.4) is 0 Å². The van der Waals surface area contributed by atoms with Crippen LogP contribution in [0.5, 0.6) is 0 Å². The van der Waals surface area contributed by atoms with Crippen LogP contribution in [0.4, 0.5) is 0 Å². The van der Waals surface area contributed by atoms with E-state index in [9.17, 15) is 9.59 Å². The first-order valence-electron chi connectivity index (χ1n) is 7.29. The molecule has 1 N–H and O–H groups in total. The third-order valence-corrected chi connectivity index (χ3v) is 4.13. The molecule has 0 unspecified atom stereocenters. The van der Waals surface area contributed by atoms with E-state index in [-0.39, 0.29) is 23.8 Å². The minimum Gasteiger partial charge on any atom is -0.353 e. The largest absolute Gasteiger partial charge is 0.353 e. The van der Waals surface area contributed by atoms with Gasteiger partial charge in [0.05, 0.1) is 0 Å². The molecule has 1 saturated carbocycles. The molecule has 1 aliphatic carbocycles. The van der Waals surface area contributed by atoms with Gasteiger partial charge in [-0.05, 0) is 32.1 Å². The second-order valence-electron chi connectivity index (χ2n) is 5.54. The first-order chi connectivity index (χ1) is 8.70. The average Bonchev–Trinajstić information content (AvgIpc) is 2.27. The fraction of sp³-hybridized carbons (Fsp3) is 0.857. The Balaban J connectivity index is 1.69. The van der Waals surface area contributed by atoms with E-state index in [0.717, 1.165) is 45.2 Å². The van der Waals surface area contributed by atoms with Gasteiger partial charge in [-0.1, -0.05) is 13.3 Å². The van der Waals surface area contributed by atoms with E-state index >= 15 is 0 Å². The quantitative estimate of drug-likeness (QED) is 0.828. The molecule has 18 heavy (non-hydrogen) atoms. The zero-order valence-electron chi connectivity index (χ0n) is 11.3. The van der Waals surface area contributed by atoms with Crippen molar-refractivity contribution in [1.29, 1.82) is 0 Å². The van der Waals surface area contributed by atoms with Crippen molar-refractivity contribution in [3.8, 4) is 0 Å². The fourth-order valence-electron chi connectivity index (χ4n) is 2.63. The van der Waals surface area contributed by atoms with Gasteiger partial charge in [-0.3, -0.25) is 9.59 Å². The van der Waals surface area contributed by atoms with Crippen molar-refractivity contribution in [3.63, 3.8) is 0 Å². The van der Waals surface area contributed by atoms with Crippen LogP contribution in [0.15, 0.2) is 0 Å². The van der Waals surface area contributed by atoms with Crippen molar-refractivity contribution in [2.45, 2.75) is 57.9 Å². The summed E-state index contributed by atoms with van der Waals surface area (Å²) in [5.41, 5.74) is 0. The number of nitrogens with zero attached hydrogens (tertiary/aromatic N) is 1. The lowest BCUT2D eigenvalue weighted by molar-refractivity contribution is -0.132. The van der Waals surface area contributed by atoms with Gasteiger partial charge >= 0.3 is 0 Å². The minimum absolute atomic E-state index is 0.236. The molecule has 4 heteroatoms. The van der Waals surface area contributed by atoms with Gasteiger partial charge in [-0.15, -0.1) is 0 Å². The van der Waals surface area contributed by atoms with E-state index in [0.29, 0.717) is 6.42 Å². The summed E-state index contributed by atoms with van der Waals surface area (Å²) in [7, 11) is 0. The van der Waals surface area contributed by atoms with Crippen molar-refractivity contribution in [2.75, 3.05) is 13.1 Å². The smallest absolute Gasteiger partial charge is 0.223 e. The van der Waals surface area contributed by atoms with Crippen LogP contribution in [0.25, 0.3) is 0 Å². The molecule has 1 aliphatic heterocycles. The van der Waals surface area contributed by atoms with Gasteiger partial charge in [0, 0.05) is 31.5 Å². The number of hydrogen-bond donors (Lipinski definition) is 1. The van der Waals surface area contributed by atoms with Gasteiger partial charge in [-0.2, -0.15) is 0 Å². The highest BCUT2D eigenvalue weighted by Crippen LogP contribution is 2.26. The summed E-state index contributed by atoms with van der Waals surface area (Å²) in [5.74, 6) is 0.769. The molecule has 0 atom stereocenters. The first-order valence-corrected chi connectivity index (χ1v) is 7.29. The van der Waals surface area contributed by atoms with Crippen LogP contribution in [0.2, 0.25) is 0 Å². The van der Waals surface area contributed by atoms with E-state index < -0.39 is 0 Å². The molecule has 0 radical (unpaired) electrons. The standard InChI is InChI=1S/C14H24N2O2/c1-2-4-13(17)16-9-7-12(8-10-16)15-14(18)11-5-3-6-11/h11-12H,2-10H2,1H3,(H,15,18). The Bertz CT molecular complexity index is 305. The van der Waals surface area contributed by atoms with Crippen molar-refractivity contribution in [2.24, 2.45) is 5.92 Å². The van der Waals surface area contributed by atoms with Gasteiger partial charge in [-0.25, -0.2) is 0 Å². The van der Waals surface area contributed by atoms with E-state index in [1.807, 2.05) is 11.8 Å². The predicted octanol–water partition coefficient (Wildman–Crippen LogP) is 1.69. The monoisotopic (exact) mass is 252 g/mol. The zero-order chi connectivity index (χ0) is 13.0. The third-order valence-electron chi connectivity index (χ3n) is 4.13. The summed E-state index contributed by atoms with van der Waals surface area (Å²) in [6.45, 7) is 3.63. The molecule has 2 aliphatic rings. The molecule has 0 spiro atoms. The number of rotatable bonds is 4. The Hall–Kier alpha value is -1.06. The minimum atomic E-state index is 0.236. The van der Waals surface area contributed by atoms with Gasteiger partial charge in [0.25, 0.3) is 0 Å². The van der Waals surface area contributed by atoms with Crippen LogP contribution in [-0.2, 0) is 9.59 Å². The van der Waals surface area contributed by atoms with E-state index in [1.54, 1.807) is 0 Å². The molecule has 2 fully saturated rings. The van der Waals surface area contributed by atoms with E-state index in [1.165, 1.54) is 6.42 Å². The maximum atomic E-state index is 11.8. The molecular weight excluding hydrogens is 228 g/mol. The molecular formula is C14H24N2O2. The number of likely N-dealkylation sites (tertiary alicyclic amines) is 1. The number of carbonyl (C=O) groups is 2. The van der Waals surface area contributed by atoms with E-state index in [2.05, 4.69) is 5.32 Å². The second-order valence-corrected chi connectivity index (χ2v) is 5.54. The summed E-state index contributed by atoms with van der Waals surface area (Å²) >= 11 is 0. The molecule has 0 aromatic heterocycles. The Morgan fingerprint density at radius 3 is 2.33 bits per heavy atom. The van der Waals surface area contributed by atoms with Gasteiger partial charge in [0.15, 0.2) is 0 Å². The molecule has 102 valence electrons. The van der Waals surface area contributed by atoms with Crippen LogP contribution >= 0.6 is 0 Å². The lowest BCUT2D eigenvalue weighted by atomic mass is 9.84. The van der Waals surface area contributed by atoms with Crippen LogP contribution in [-0.4, -0.2) is 35.8 Å². The Labute approximate surface area is 109 Å².